The molecule has 1 rings (SSSR count). The van der Waals surface area contributed by atoms with E-state index in [9.17, 15) is 29.4 Å². The summed E-state index contributed by atoms with van der Waals surface area (Å²) in [6.07, 6.45) is 2.38. The summed E-state index contributed by atoms with van der Waals surface area (Å²) < 4.78 is 0. The zero-order valence-electron chi connectivity index (χ0n) is 19.5. The second-order valence-corrected chi connectivity index (χ2v) is 9.48. The number of amides is 3. The summed E-state index contributed by atoms with van der Waals surface area (Å²) in [5, 5.41) is 26.4. The molecule has 0 aliphatic carbocycles. The number of carboxylic acids is 1. The van der Waals surface area contributed by atoms with Crippen LogP contribution in [0.4, 0.5) is 0 Å². The predicted molar refractivity (Wildman–Crippen MR) is 135 cm³/mol. The average molecular weight is 515 g/mol. The van der Waals surface area contributed by atoms with Gasteiger partial charge in [0.05, 0.1) is 6.04 Å². The zero-order chi connectivity index (χ0) is 25.8. The van der Waals surface area contributed by atoms with Crippen molar-refractivity contribution < 1.29 is 29.4 Å². The Kier molecular flexibility index (Phi) is 12.8. The van der Waals surface area contributed by atoms with Crippen LogP contribution in [0.3, 0.4) is 0 Å². The molecule has 0 aliphatic heterocycles. The number of aliphatic carboxylic acids is 1. The SMILES string of the molecule is CSCCC(N)C(=O)NC(C(=O)NC(Cc1ccc(O)cc1)C(=O)NC(CS)C(=O)O)C(C)C. The molecule has 4 unspecified atom stereocenters. The molecule has 0 saturated carbocycles. The Morgan fingerprint density at radius 2 is 1.59 bits per heavy atom. The fourth-order valence-corrected chi connectivity index (χ4v) is 3.70. The third kappa shape index (κ3) is 9.82. The standard InChI is InChI=1S/C22H34N4O6S2/c1-12(2)18(26-19(28)15(23)8-9-34-3)21(30)24-16(10-13-4-6-14(27)7-5-13)20(29)25-17(11-33)22(31)32/h4-7,12,15-18,27,33H,8-11,23H2,1-3H3,(H,24,30)(H,25,29)(H,26,28)(H,31,32). The van der Waals surface area contributed by atoms with Crippen molar-refractivity contribution in [2.24, 2.45) is 11.7 Å². The van der Waals surface area contributed by atoms with Crippen molar-refractivity contribution in [3.05, 3.63) is 29.8 Å². The molecule has 0 aromatic heterocycles. The molecule has 1 aromatic rings. The number of benzene rings is 1. The van der Waals surface area contributed by atoms with Gasteiger partial charge in [0.15, 0.2) is 0 Å². The Balaban J connectivity index is 3.05. The lowest BCUT2D eigenvalue weighted by molar-refractivity contribution is -0.141. The topological polar surface area (TPSA) is 171 Å². The summed E-state index contributed by atoms with van der Waals surface area (Å²) >= 11 is 5.50. The summed E-state index contributed by atoms with van der Waals surface area (Å²) in [5.74, 6) is -2.76. The summed E-state index contributed by atoms with van der Waals surface area (Å²) in [6, 6.07) is 1.93. The molecule has 34 heavy (non-hydrogen) atoms. The molecule has 0 spiro atoms. The highest BCUT2D eigenvalue weighted by molar-refractivity contribution is 7.98. The molecule has 4 atom stereocenters. The number of thiol groups is 1. The van der Waals surface area contributed by atoms with Gasteiger partial charge in [0.25, 0.3) is 0 Å². The van der Waals surface area contributed by atoms with Gasteiger partial charge >= 0.3 is 5.97 Å². The average Bonchev–Trinajstić information content (AvgIpc) is 2.79. The number of phenolic OH excluding ortho intramolecular Hbond substituents is 1. The van der Waals surface area contributed by atoms with Crippen molar-refractivity contribution >= 4 is 48.1 Å². The zero-order valence-corrected chi connectivity index (χ0v) is 21.2. The first-order valence-electron chi connectivity index (χ1n) is 10.8. The van der Waals surface area contributed by atoms with E-state index in [1.54, 1.807) is 37.7 Å². The number of aromatic hydroxyl groups is 1. The quantitative estimate of drug-likeness (QED) is 0.172. The normalized spacial score (nSPS) is 14.5. The lowest BCUT2D eigenvalue weighted by Crippen LogP contribution is -2.59. The summed E-state index contributed by atoms with van der Waals surface area (Å²) in [4.78, 5) is 49.8. The number of carbonyl (C=O) groups excluding carboxylic acids is 3. The molecule has 7 N–H and O–H groups in total. The summed E-state index contributed by atoms with van der Waals surface area (Å²) in [6.45, 7) is 3.49. The van der Waals surface area contributed by atoms with Crippen LogP contribution in [-0.2, 0) is 25.6 Å². The van der Waals surface area contributed by atoms with Crippen molar-refractivity contribution in [2.75, 3.05) is 17.8 Å². The van der Waals surface area contributed by atoms with Crippen LogP contribution < -0.4 is 21.7 Å². The largest absolute Gasteiger partial charge is 0.508 e. The van der Waals surface area contributed by atoms with Crippen molar-refractivity contribution in [1.29, 1.82) is 0 Å². The van der Waals surface area contributed by atoms with E-state index in [-0.39, 0.29) is 23.8 Å². The molecule has 190 valence electrons. The lowest BCUT2D eigenvalue weighted by Gasteiger charge is -2.27. The maximum Gasteiger partial charge on any atom is 0.327 e. The van der Waals surface area contributed by atoms with Crippen LogP contribution in [0.25, 0.3) is 0 Å². The molecule has 1 aromatic carbocycles. The van der Waals surface area contributed by atoms with Crippen LogP contribution >= 0.6 is 24.4 Å². The number of thioether (sulfide) groups is 1. The second kappa shape index (κ2) is 14.7. The van der Waals surface area contributed by atoms with Gasteiger partial charge in [0.2, 0.25) is 17.7 Å². The highest BCUT2D eigenvalue weighted by Crippen LogP contribution is 2.12. The number of carbonyl (C=O) groups is 4. The van der Waals surface area contributed by atoms with E-state index in [0.29, 0.717) is 17.7 Å². The Morgan fingerprint density at radius 1 is 1.00 bits per heavy atom. The first-order valence-corrected chi connectivity index (χ1v) is 12.8. The molecule has 0 bridgehead atoms. The van der Waals surface area contributed by atoms with Crippen molar-refractivity contribution in [1.82, 2.24) is 16.0 Å². The van der Waals surface area contributed by atoms with Gasteiger partial charge in [-0.1, -0.05) is 26.0 Å². The Morgan fingerprint density at radius 3 is 2.09 bits per heavy atom. The van der Waals surface area contributed by atoms with Crippen molar-refractivity contribution in [3.8, 4) is 5.75 Å². The summed E-state index contributed by atoms with van der Waals surface area (Å²) in [7, 11) is 0. The number of nitrogens with two attached hydrogens (primary N) is 1. The van der Waals surface area contributed by atoms with E-state index in [0.717, 1.165) is 0 Å². The lowest BCUT2D eigenvalue weighted by atomic mass is 10.00. The first kappa shape index (κ1) is 29.6. The predicted octanol–water partition coefficient (Wildman–Crippen LogP) is 0.140. The fourth-order valence-electron chi connectivity index (χ4n) is 2.97. The van der Waals surface area contributed by atoms with E-state index in [4.69, 9.17) is 5.73 Å². The third-order valence-corrected chi connectivity index (χ3v) is 6.03. The van der Waals surface area contributed by atoms with Crippen LogP contribution in [0, 0.1) is 5.92 Å². The molecule has 3 amide bonds. The van der Waals surface area contributed by atoms with E-state index < -0.39 is 47.9 Å². The Bertz CT molecular complexity index is 837. The minimum Gasteiger partial charge on any atom is -0.508 e. The van der Waals surface area contributed by atoms with E-state index in [1.165, 1.54) is 12.1 Å². The van der Waals surface area contributed by atoms with Gasteiger partial charge in [0, 0.05) is 12.2 Å². The smallest absolute Gasteiger partial charge is 0.327 e. The fraction of sp³-hybridized carbons (Fsp3) is 0.545. The first-order chi connectivity index (χ1) is 16.0. The van der Waals surface area contributed by atoms with Gasteiger partial charge in [-0.05, 0) is 42.0 Å². The van der Waals surface area contributed by atoms with E-state index in [1.807, 2.05) is 6.26 Å². The van der Waals surface area contributed by atoms with Crippen LogP contribution in [-0.4, -0.2) is 75.8 Å². The number of nitrogens with one attached hydrogen (secondary N) is 3. The van der Waals surface area contributed by atoms with Gasteiger partial charge in [-0.2, -0.15) is 24.4 Å². The maximum absolute atomic E-state index is 13.1. The number of rotatable bonds is 14. The number of carboxylic acid groups (broad SMARTS) is 1. The van der Waals surface area contributed by atoms with Crippen molar-refractivity contribution in [2.45, 2.75) is 50.9 Å². The Labute approximate surface area is 209 Å². The summed E-state index contributed by atoms with van der Waals surface area (Å²) in [5.41, 5.74) is 6.53. The minimum absolute atomic E-state index is 0.0305. The van der Waals surface area contributed by atoms with E-state index in [2.05, 4.69) is 28.6 Å². The highest BCUT2D eigenvalue weighted by atomic mass is 32.2. The third-order valence-electron chi connectivity index (χ3n) is 5.02. The monoisotopic (exact) mass is 514 g/mol. The maximum atomic E-state index is 13.1. The molecular weight excluding hydrogens is 480 g/mol. The molecule has 0 radical (unpaired) electrons. The van der Waals surface area contributed by atoms with Crippen LogP contribution in [0.1, 0.15) is 25.8 Å². The molecular formula is C22H34N4O6S2. The number of hydrogen-bond donors (Lipinski definition) is 7. The molecule has 12 heteroatoms. The minimum atomic E-state index is -1.26. The van der Waals surface area contributed by atoms with Gasteiger partial charge in [-0.25, -0.2) is 4.79 Å². The van der Waals surface area contributed by atoms with Crippen LogP contribution in [0.5, 0.6) is 5.75 Å². The van der Waals surface area contributed by atoms with E-state index >= 15 is 0 Å². The van der Waals surface area contributed by atoms with Gasteiger partial charge < -0.3 is 31.9 Å². The highest BCUT2D eigenvalue weighted by Gasteiger charge is 2.31. The van der Waals surface area contributed by atoms with Crippen LogP contribution in [0.2, 0.25) is 0 Å². The molecule has 0 aliphatic rings. The number of phenols is 1. The molecule has 0 saturated heterocycles. The van der Waals surface area contributed by atoms with Gasteiger partial charge in [0.1, 0.15) is 23.9 Å². The second-order valence-electron chi connectivity index (χ2n) is 8.13. The Hall–Kier alpha value is -2.44. The number of hydrogen-bond acceptors (Lipinski definition) is 8. The van der Waals surface area contributed by atoms with Crippen molar-refractivity contribution in [3.63, 3.8) is 0 Å². The molecule has 0 fully saturated rings. The van der Waals surface area contributed by atoms with Crippen LogP contribution in [0.15, 0.2) is 24.3 Å². The van der Waals surface area contributed by atoms with Gasteiger partial charge in [-0.3, -0.25) is 14.4 Å². The molecule has 0 heterocycles. The van der Waals surface area contributed by atoms with Gasteiger partial charge in [-0.15, -0.1) is 0 Å². The molecule has 10 nitrogen and oxygen atoms in total.